The molecule has 2 rings (SSSR count). The van der Waals surface area contributed by atoms with Crippen molar-refractivity contribution < 1.29 is 9.32 Å². The Balaban J connectivity index is 1.99. The average molecular weight is 259 g/mol. The van der Waals surface area contributed by atoms with Crippen LogP contribution in [0.15, 0.2) is 29.0 Å². The van der Waals surface area contributed by atoms with Crippen molar-refractivity contribution in [2.45, 2.75) is 33.2 Å². The molecule has 0 aliphatic rings. The molecule has 0 spiro atoms. The van der Waals surface area contributed by atoms with Crippen LogP contribution in [0, 0.1) is 13.8 Å². The summed E-state index contributed by atoms with van der Waals surface area (Å²) < 4.78 is 5.05. The first kappa shape index (κ1) is 13.3. The van der Waals surface area contributed by atoms with Gasteiger partial charge in [0, 0.05) is 18.0 Å². The van der Waals surface area contributed by atoms with Crippen LogP contribution in [0.5, 0.6) is 0 Å². The van der Waals surface area contributed by atoms with Gasteiger partial charge in [0.2, 0.25) is 5.91 Å². The fourth-order valence-electron chi connectivity index (χ4n) is 1.94. The molecule has 0 bridgehead atoms. The molecule has 100 valence electrons. The molecule has 0 aliphatic carbocycles. The molecular formula is C14H17N3O2. The van der Waals surface area contributed by atoms with E-state index in [1.54, 1.807) is 12.4 Å². The van der Waals surface area contributed by atoms with Crippen LogP contribution in [0.25, 0.3) is 0 Å². The van der Waals surface area contributed by atoms with Gasteiger partial charge in [-0.1, -0.05) is 5.16 Å². The van der Waals surface area contributed by atoms with Gasteiger partial charge in [-0.15, -0.1) is 0 Å². The molecule has 0 saturated heterocycles. The molecule has 0 saturated carbocycles. The molecule has 0 radical (unpaired) electrons. The number of hydrogen-bond acceptors (Lipinski definition) is 4. The van der Waals surface area contributed by atoms with Gasteiger partial charge in [-0.2, -0.15) is 0 Å². The highest BCUT2D eigenvalue weighted by Crippen LogP contribution is 2.14. The molecule has 1 atom stereocenters. The molecule has 0 aromatic carbocycles. The van der Waals surface area contributed by atoms with E-state index in [-0.39, 0.29) is 18.4 Å². The van der Waals surface area contributed by atoms with E-state index in [0.29, 0.717) is 5.76 Å². The molecule has 2 heterocycles. The van der Waals surface area contributed by atoms with Crippen LogP contribution in [0.2, 0.25) is 0 Å². The monoisotopic (exact) mass is 259 g/mol. The largest absolute Gasteiger partial charge is 0.361 e. The van der Waals surface area contributed by atoms with Gasteiger partial charge >= 0.3 is 0 Å². The first-order valence-corrected chi connectivity index (χ1v) is 6.19. The summed E-state index contributed by atoms with van der Waals surface area (Å²) >= 11 is 0. The van der Waals surface area contributed by atoms with Crippen molar-refractivity contribution in [1.29, 1.82) is 0 Å². The van der Waals surface area contributed by atoms with Crippen molar-refractivity contribution in [1.82, 2.24) is 15.5 Å². The Morgan fingerprint density at radius 2 is 2.05 bits per heavy atom. The number of nitrogens with zero attached hydrogens (tertiary/aromatic N) is 2. The molecule has 19 heavy (non-hydrogen) atoms. The van der Waals surface area contributed by atoms with E-state index in [4.69, 9.17) is 4.52 Å². The minimum Gasteiger partial charge on any atom is -0.361 e. The van der Waals surface area contributed by atoms with Crippen LogP contribution in [0.1, 0.15) is 35.5 Å². The Labute approximate surface area is 112 Å². The molecule has 0 fully saturated rings. The van der Waals surface area contributed by atoms with Gasteiger partial charge in [0.1, 0.15) is 5.76 Å². The molecule has 1 N–H and O–H groups in total. The summed E-state index contributed by atoms with van der Waals surface area (Å²) in [6.45, 7) is 5.60. The topological polar surface area (TPSA) is 68.0 Å². The van der Waals surface area contributed by atoms with Gasteiger partial charge in [0.15, 0.2) is 0 Å². The lowest BCUT2D eigenvalue weighted by molar-refractivity contribution is -0.121. The summed E-state index contributed by atoms with van der Waals surface area (Å²) in [5.41, 5.74) is 2.66. The summed E-state index contributed by atoms with van der Waals surface area (Å²) in [6.07, 6.45) is 3.72. The molecule has 2 aromatic rings. The van der Waals surface area contributed by atoms with Gasteiger partial charge in [-0.05, 0) is 38.5 Å². The zero-order valence-electron chi connectivity index (χ0n) is 11.3. The normalized spacial score (nSPS) is 12.2. The van der Waals surface area contributed by atoms with E-state index < -0.39 is 0 Å². The van der Waals surface area contributed by atoms with E-state index >= 15 is 0 Å². The van der Waals surface area contributed by atoms with Crippen LogP contribution in [-0.2, 0) is 11.2 Å². The third-order valence-corrected chi connectivity index (χ3v) is 3.10. The SMILES string of the molecule is Cc1noc(C)c1CC(=O)NC(C)c1ccncc1. The third-order valence-electron chi connectivity index (χ3n) is 3.10. The Hall–Kier alpha value is -2.17. The maximum absolute atomic E-state index is 12.0. The minimum atomic E-state index is -0.0454. The zero-order valence-corrected chi connectivity index (χ0v) is 11.3. The standard InChI is InChI=1S/C14H17N3O2/c1-9(12-4-6-15-7-5-12)16-14(18)8-13-10(2)17-19-11(13)3/h4-7,9H,8H2,1-3H3,(H,16,18). The number of nitrogens with one attached hydrogen (secondary N) is 1. The number of carbonyl (C=O) groups is 1. The maximum atomic E-state index is 12.0. The fourth-order valence-corrected chi connectivity index (χ4v) is 1.94. The summed E-state index contributed by atoms with van der Waals surface area (Å²) in [4.78, 5) is 16.0. The van der Waals surface area contributed by atoms with E-state index in [1.165, 1.54) is 0 Å². The number of aromatic nitrogens is 2. The highest BCUT2D eigenvalue weighted by atomic mass is 16.5. The van der Waals surface area contributed by atoms with Crippen molar-refractivity contribution in [2.75, 3.05) is 0 Å². The Morgan fingerprint density at radius 1 is 1.37 bits per heavy atom. The van der Waals surface area contributed by atoms with Gasteiger partial charge in [-0.3, -0.25) is 9.78 Å². The number of carbonyl (C=O) groups excluding carboxylic acids is 1. The quantitative estimate of drug-likeness (QED) is 0.913. The van der Waals surface area contributed by atoms with Crippen molar-refractivity contribution >= 4 is 5.91 Å². The second-order valence-corrected chi connectivity index (χ2v) is 4.55. The summed E-state index contributed by atoms with van der Waals surface area (Å²) in [6, 6.07) is 3.73. The van der Waals surface area contributed by atoms with Gasteiger partial charge in [0.25, 0.3) is 0 Å². The van der Waals surface area contributed by atoms with Crippen molar-refractivity contribution in [3.05, 3.63) is 47.1 Å². The Morgan fingerprint density at radius 3 is 2.63 bits per heavy atom. The second kappa shape index (κ2) is 5.65. The van der Waals surface area contributed by atoms with Gasteiger partial charge < -0.3 is 9.84 Å². The van der Waals surface area contributed by atoms with Crippen LogP contribution < -0.4 is 5.32 Å². The first-order chi connectivity index (χ1) is 9.08. The first-order valence-electron chi connectivity index (χ1n) is 6.19. The molecule has 1 amide bonds. The smallest absolute Gasteiger partial charge is 0.225 e. The number of aryl methyl sites for hydroxylation is 2. The molecular weight excluding hydrogens is 242 g/mol. The van der Waals surface area contributed by atoms with Crippen molar-refractivity contribution in [3.63, 3.8) is 0 Å². The number of pyridine rings is 1. The lowest BCUT2D eigenvalue weighted by atomic mass is 10.1. The maximum Gasteiger partial charge on any atom is 0.225 e. The van der Waals surface area contributed by atoms with Crippen LogP contribution in [0.3, 0.4) is 0 Å². The molecule has 1 unspecified atom stereocenters. The highest BCUT2D eigenvalue weighted by molar-refractivity contribution is 5.79. The Bertz CT molecular complexity index is 544. The lowest BCUT2D eigenvalue weighted by Crippen LogP contribution is -2.28. The van der Waals surface area contributed by atoms with E-state index in [1.807, 2.05) is 32.9 Å². The van der Waals surface area contributed by atoms with Gasteiger partial charge in [-0.25, -0.2) is 0 Å². The summed E-state index contributed by atoms with van der Waals surface area (Å²) in [7, 11) is 0. The number of amides is 1. The summed E-state index contributed by atoms with van der Waals surface area (Å²) in [5, 5.41) is 6.80. The van der Waals surface area contributed by atoms with Gasteiger partial charge in [0.05, 0.1) is 18.2 Å². The minimum absolute atomic E-state index is 0.0429. The van der Waals surface area contributed by atoms with Crippen LogP contribution in [0.4, 0.5) is 0 Å². The average Bonchev–Trinajstić information content (AvgIpc) is 2.71. The number of hydrogen-bond donors (Lipinski definition) is 1. The number of rotatable bonds is 4. The van der Waals surface area contributed by atoms with E-state index in [2.05, 4.69) is 15.5 Å². The fraction of sp³-hybridized carbons (Fsp3) is 0.357. The van der Waals surface area contributed by atoms with Crippen molar-refractivity contribution in [2.24, 2.45) is 0 Å². The van der Waals surface area contributed by atoms with E-state index in [0.717, 1.165) is 16.8 Å². The Kier molecular flexibility index (Phi) is 3.94. The predicted molar refractivity (Wildman–Crippen MR) is 70.5 cm³/mol. The molecule has 5 heteroatoms. The second-order valence-electron chi connectivity index (χ2n) is 4.55. The molecule has 5 nitrogen and oxygen atoms in total. The third kappa shape index (κ3) is 3.19. The highest BCUT2D eigenvalue weighted by Gasteiger charge is 2.15. The van der Waals surface area contributed by atoms with E-state index in [9.17, 15) is 4.79 Å². The van der Waals surface area contributed by atoms with Crippen LogP contribution in [-0.4, -0.2) is 16.0 Å². The molecule has 0 aliphatic heterocycles. The zero-order chi connectivity index (χ0) is 13.8. The molecule has 2 aromatic heterocycles. The summed E-state index contributed by atoms with van der Waals surface area (Å²) in [5.74, 6) is 0.655. The lowest BCUT2D eigenvalue weighted by Gasteiger charge is -2.13. The van der Waals surface area contributed by atoms with Crippen LogP contribution >= 0.6 is 0 Å². The predicted octanol–water partition coefficient (Wildman–Crippen LogP) is 2.11. The van der Waals surface area contributed by atoms with Crippen molar-refractivity contribution in [3.8, 4) is 0 Å².